The van der Waals surface area contributed by atoms with E-state index in [0.717, 1.165) is 0 Å². The quantitative estimate of drug-likeness (QED) is 0.600. The minimum absolute atomic E-state index is 0.0790. The molecule has 0 unspecified atom stereocenters. The molecule has 1 aromatic carbocycles. The second-order valence-electron chi connectivity index (χ2n) is 7.06. The maximum absolute atomic E-state index is 11.9. The monoisotopic (exact) mass is 335 g/mol. The summed E-state index contributed by atoms with van der Waals surface area (Å²) in [4.78, 5) is 27.6. The lowest BCUT2D eigenvalue weighted by Gasteiger charge is -2.21. The predicted octanol–water partition coefficient (Wildman–Crippen LogP) is 3.91. The van der Waals surface area contributed by atoms with Gasteiger partial charge < -0.3 is 14.8 Å². The Morgan fingerprint density at radius 3 is 1.96 bits per heavy atom. The first-order valence-electron chi connectivity index (χ1n) is 7.58. The predicted molar refractivity (Wildman–Crippen MR) is 93.1 cm³/mol. The van der Waals surface area contributed by atoms with E-state index in [1.807, 2.05) is 6.07 Å². The minimum Gasteiger partial charge on any atom is -0.444 e. The molecule has 0 atom stereocenters. The number of para-hydroxylation sites is 1. The van der Waals surface area contributed by atoms with Gasteiger partial charge in [0.15, 0.2) is 0 Å². The third-order valence-corrected chi connectivity index (χ3v) is 2.25. The zero-order valence-corrected chi connectivity index (χ0v) is 15.0. The Morgan fingerprint density at radius 1 is 0.917 bits per heavy atom. The number of aliphatic imine (C=N–C) groups is 1. The normalized spacial score (nSPS) is 12.3. The van der Waals surface area contributed by atoms with Crippen molar-refractivity contribution in [3.63, 3.8) is 0 Å². The number of nitrogens with zero attached hydrogens (tertiary/aromatic N) is 1. The highest BCUT2D eigenvalue weighted by Crippen LogP contribution is 2.10. The van der Waals surface area contributed by atoms with Gasteiger partial charge in [-0.05, 0) is 53.7 Å². The van der Waals surface area contributed by atoms with Crippen LogP contribution in [0.5, 0.6) is 0 Å². The zero-order chi connectivity index (χ0) is 18.4. The number of alkyl carbamates (subject to hydrolysis) is 1. The first-order valence-corrected chi connectivity index (χ1v) is 7.58. The minimum atomic E-state index is -0.822. The van der Waals surface area contributed by atoms with Gasteiger partial charge in [-0.2, -0.15) is 0 Å². The summed E-state index contributed by atoms with van der Waals surface area (Å²) >= 11 is 0. The summed E-state index contributed by atoms with van der Waals surface area (Å²) in [5, 5.41) is 5.27. The number of benzene rings is 1. The number of carbonyl (C=O) groups excluding carboxylic acids is 2. The molecule has 7 nitrogen and oxygen atoms in total. The van der Waals surface area contributed by atoms with E-state index in [4.69, 9.17) is 9.47 Å². The van der Waals surface area contributed by atoms with Crippen LogP contribution >= 0.6 is 0 Å². The maximum Gasteiger partial charge on any atom is 0.437 e. The topological polar surface area (TPSA) is 89.0 Å². The summed E-state index contributed by atoms with van der Waals surface area (Å²) < 4.78 is 10.3. The molecule has 0 bridgehead atoms. The molecule has 0 aromatic heterocycles. The molecule has 0 saturated heterocycles. The van der Waals surface area contributed by atoms with Crippen LogP contribution in [0, 0.1) is 0 Å². The van der Waals surface area contributed by atoms with Gasteiger partial charge in [-0.25, -0.2) is 9.59 Å². The number of amides is 2. The molecule has 24 heavy (non-hydrogen) atoms. The lowest BCUT2D eigenvalue weighted by molar-refractivity contribution is 0.0562. The molecule has 0 saturated carbocycles. The number of carbonyl (C=O) groups is 2. The largest absolute Gasteiger partial charge is 0.444 e. The summed E-state index contributed by atoms with van der Waals surface area (Å²) in [6, 6.07) is 8.99. The smallest absolute Gasteiger partial charge is 0.437 e. The first-order chi connectivity index (χ1) is 10.9. The SMILES string of the molecule is CC(C)(C)OC(=O)/N=C(/NC(=O)OC(C)(C)C)Nc1ccccc1. The number of hydrogen-bond acceptors (Lipinski definition) is 4. The van der Waals surface area contributed by atoms with Crippen LogP contribution < -0.4 is 10.6 Å². The number of ether oxygens (including phenoxy) is 2. The number of guanidine groups is 1. The van der Waals surface area contributed by atoms with Gasteiger partial charge in [0.1, 0.15) is 11.2 Å². The Morgan fingerprint density at radius 2 is 1.46 bits per heavy atom. The molecule has 132 valence electrons. The Balaban J connectivity index is 2.90. The average molecular weight is 335 g/mol. The van der Waals surface area contributed by atoms with Crippen molar-refractivity contribution in [1.82, 2.24) is 5.32 Å². The van der Waals surface area contributed by atoms with Gasteiger partial charge in [0.25, 0.3) is 0 Å². The maximum atomic E-state index is 11.9. The van der Waals surface area contributed by atoms with Crippen LogP contribution in [0.15, 0.2) is 35.3 Å². The molecule has 0 aliphatic heterocycles. The Kier molecular flexibility index (Phi) is 6.34. The second-order valence-corrected chi connectivity index (χ2v) is 7.06. The fourth-order valence-electron chi connectivity index (χ4n) is 1.52. The van der Waals surface area contributed by atoms with Crippen molar-refractivity contribution in [2.45, 2.75) is 52.7 Å². The second kappa shape index (κ2) is 7.81. The van der Waals surface area contributed by atoms with E-state index in [0.29, 0.717) is 5.69 Å². The highest BCUT2D eigenvalue weighted by atomic mass is 16.6. The van der Waals surface area contributed by atoms with E-state index in [1.54, 1.807) is 65.8 Å². The van der Waals surface area contributed by atoms with E-state index in [2.05, 4.69) is 15.6 Å². The van der Waals surface area contributed by atoms with Gasteiger partial charge in [-0.15, -0.1) is 4.99 Å². The van der Waals surface area contributed by atoms with Crippen molar-refractivity contribution in [3.05, 3.63) is 30.3 Å². The molecule has 0 aliphatic rings. The van der Waals surface area contributed by atoms with Gasteiger partial charge in [-0.1, -0.05) is 18.2 Å². The lowest BCUT2D eigenvalue weighted by Crippen LogP contribution is -2.40. The third-order valence-electron chi connectivity index (χ3n) is 2.25. The molecule has 7 heteroatoms. The Hall–Kier alpha value is -2.57. The van der Waals surface area contributed by atoms with Crippen LogP contribution in [0.25, 0.3) is 0 Å². The summed E-state index contributed by atoms with van der Waals surface area (Å²) in [5.41, 5.74) is -0.714. The van der Waals surface area contributed by atoms with Gasteiger partial charge in [0.2, 0.25) is 5.96 Å². The molecule has 0 spiro atoms. The van der Waals surface area contributed by atoms with Crippen molar-refractivity contribution < 1.29 is 19.1 Å². The van der Waals surface area contributed by atoms with Crippen molar-refractivity contribution in [2.75, 3.05) is 5.32 Å². The van der Waals surface area contributed by atoms with Gasteiger partial charge in [0.05, 0.1) is 0 Å². The van der Waals surface area contributed by atoms with Gasteiger partial charge >= 0.3 is 12.2 Å². The third kappa shape index (κ3) is 8.77. The molecule has 2 amide bonds. The van der Waals surface area contributed by atoms with Crippen molar-refractivity contribution >= 4 is 23.8 Å². The average Bonchev–Trinajstić information content (AvgIpc) is 2.34. The van der Waals surface area contributed by atoms with Crippen LogP contribution in [0.2, 0.25) is 0 Å². The summed E-state index contributed by atoms with van der Waals surface area (Å²) in [6.45, 7) is 10.4. The van der Waals surface area contributed by atoms with Crippen LogP contribution in [-0.4, -0.2) is 29.3 Å². The van der Waals surface area contributed by atoms with Crippen LogP contribution in [-0.2, 0) is 9.47 Å². The van der Waals surface area contributed by atoms with Crippen LogP contribution in [0.3, 0.4) is 0 Å². The van der Waals surface area contributed by atoms with Crippen LogP contribution in [0.4, 0.5) is 15.3 Å². The van der Waals surface area contributed by atoms with Gasteiger partial charge in [0, 0.05) is 5.69 Å². The molecule has 0 radical (unpaired) electrons. The molecular weight excluding hydrogens is 310 g/mol. The number of rotatable bonds is 1. The number of anilines is 1. The van der Waals surface area contributed by atoms with E-state index in [-0.39, 0.29) is 5.96 Å². The van der Waals surface area contributed by atoms with Gasteiger partial charge in [-0.3, -0.25) is 5.32 Å². The summed E-state index contributed by atoms with van der Waals surface area (Å²) in [6.07, 6.45) is -1.55. The molecule has 0 fully saturated rings. The zero-order valence-electron chi connectivity index (χ0n) is 15.0. The Bertz CT molecular complexity index is 599. The van der Waals surface area contributed by atoms with E-state index in [9.17, 15) is 9.59 Å². The van der Waals surface area contributed by atoms with E-state index in [1.165, 1.54) is 0 Å². The van der Waals surface area contributed by atoms with Crippen LogP contribution in [0.1, 0.15) is 41.5 Å². The highest BCUT2D eigenvalue weighted by molar-refractivity contribution is 6.06. The molecule has 2 N–H and O–H groups in total. The first kappa shape index (κ1) is 19.5. The lowest BCUT2D eigenvalue weighted by atomic mass is 10.2. The van der Waals surface area contributed by atoms with Crippen molar-refractivity contribution in [1.29, 1.82) is 0 Å². The molecule has 1 aromatic rings. The summed E-state index contributed by atoms with van der Waals surface area (Å²) in [7, 11) is 0. The molecule has 0 aliphatic carbocycles. The molecule has 0 heterocycles. The van der Waals surface area contributed by atoms with Crippen molar-refractivity contribution in [2.24, 2.45) is 4.99 Å². The van der Waals surface area contributed by atoms with E-state index >= 15 is 0 Å². The van der Waals surface area contributed by atoms with E-state index < -0.39 is 23.4 Å². The molecular formula is C17H25N3O4. The van der Waals surface area contributed by atoms with Crippen molar-refractivity contribution in [3.8, 4) is 0 Å². The number of hydrogen-bond donors (Lipinski definition) is 2. The summed E-state index contributed by atoms with van der Waals surface area (Å²) in [5.74, 6) is -0.0790. The number of nitrogens with one attached hydrogen (secondary N) is 2. The molecule has 1 rings (SSSR count). The fourth-order valence-corrected chi connectivity index (χ4v) is 1.52. The highest BCUT2D eigenvalue weighted by Gasteiger charge is 2.20. The Labute approximate surface area is 142 Å². The fraction of sp³-hybridized carbons (Fsp3) is 0.471. The standard InChI is InChI=1S/C17H25N3O4/c1-16(2,3)23-14(21)19-13(18-12-10-8-7-9-11-12)20-15(22)24-17(4,5)6/h7-11H,1-6H3,(H2,18,19,20,21,22).